The molecule has 1 amide bonds. The molecule has 0 N–H and O–H groups in total. The third kappa shape index (κ3) is 4.45. The van der Waals surface area contributed by atoms with Crippen LogP contribution in [-0.2, 0) is 19.1 Å². The lowest BCUT2D eigenvalue weighted by molar-refractivity contribution is -0.141. The highest BCUT2D eigenvalue weighted by Gasteiger charge is 2.25. The molecule has 114 valence electrons. The van der Waals surface area contributed by atoms with Gasteiger partial charge in [-0.2, -0.15) is 0 Å². The van der Waals surface area contributed by atoms with Gasteiger partial charge in [-0.25, -0.2) is 0 Å². The molecule has 2 fully saturated rings. The number of amides is 1. The van der Waals surface area contributed by atoms with Crippen molar-refractivity contribution in [1.29, 1.82) is 0 Å². The van der Waals surface area contributed by atoms with Gasteiger partial charge in [0.25, 0.3) is 0 Å². The molecule has 1 atom stereocenters. The molecule has 0 aromatic rings. The second-order valence-corrected chi connectivity index (χ2v) is 5.39. The summed E-state index contributed by atoms with van der Waals surface area (Å²) in [4.78, 5) is 27.3. The summed E-state index contributed by atoms with van der Waals surface area (Å²) in [7, 11) is 1.41. The third-order valence-corrected chi connectivity index (χ3v) is 4.01. The summed E-state index contributed by atoms with van der Waals surface area (Å²) in [6.45, 7) is 4.64. The van der Waals surface area contributed by atoms with E-state index in [9.17, 15) is 9.59 Å². The number of nitrogens with zero attached hydrogens (tertiary/aromatic N) is 2. The van der Waals surface area contributed by atoms with Gasteiger partial charge in [0.1, 0.15) is 0 Å². The molecule has 2 aliphatic heterocycles. The fraction of sp³-hybridized carbons (Fsp3) is 0.857. The van der Waals surface area contributed by atoms with Crippen LogP contribution in [0.2, 0.25) is 0 Å². The maximum Gasteiger partial charge on any atom is 0.306 e. The number of hydrogen-bond donors (Lipinski definition) is 0. The van der Waals surface area contributed by atoms with Crippen LogP contribution in [0.25, 0.3) is 0 Å². The van der Waals surface area contributed by atoms with Gasteiger partial charge in [0.05, 0.1) is 26.1 Å². The number of methoxy groups -OCH3 is 1. The Balaban J connectivity index is 1.65. The lowest BCUT2D eigenvalue weighted by atomic mass is 10.1. The van der Waals surface area contributed by atoms with Crippen molar-refractivity contribution in [3.8, 4) is 0 Å². The van der Waals surface area contributed by atoms with Crippen molar-refractivity contribution in [3.05, 3.63) is 0 Å². The fourth-order valence-corrected chi connectivity index (χ4v) is 2.70. The molecule has 20 heavy (non-hydrogen) atoms. The zero-order valence-electron chi connectivity index (χ0n) is 12.2. The molecule has 0 saturated carbocycles. The molecule has 2 aliphatic rings. The molecular weight excluding hydrogens is 260 g/mol. The largest absolute Gasteiger partial charge is 0.469 e. The summed E-state index contributed by atoms with van der Waals surface area (Å²) >= 11 is 0. The zero-order chi connectivity index (χ0) is 14.4. The van der Waals surface area contributed by atoms with Gasteiger partial charge in [-0.15, -0.1) is 0 Å². The van der Waals surface area contributed by atoms with Gasteiger partial charge < -0.3 is 14.4 Å². The Morgan fingerprint density at radius 2 is 2.00 bits per heavy atom. The highest BCUT2D eigenvalue weighted by Crippen LogP contribution is 2.17. The highest BCUT2D eigenvalue weighted by atomic mass is 16.5. The zero-order valence-corrected chi connectivity index (χ0v) is 12.2. The smallest absolute Gasteiger partial charge is 0.306 e. The summed E-state index contributed by atoms with van der Waals surface area (Å²) in [6, 6.07) is 0. The molecule has 2 saturated heterocycles. The Hall–Kier alpha value is -1.14. The SMILES string of the molecule is COC(=O)CCN1CCN(C(=O)CC2CCCO2)CC1. The molecule has 0 aromatic heterocycles. The van der Waals surface area contributed by atoms with Crippen molar-refractivity contribution in [3.63, 3.8) is 0 Å². The van der Waals surface area contributed by atoms with Crippen LogP contribution in [-0.4, -0.2) is 74.2 Å². The maximum atomic E-state index is 12.1. The molecule has 0 aromatic carbocycles. The van der Waals surface area contributed by atoms with Gasteiger partial charge in [0.15, 0.2) is 0 Å². The minimum atomic E-state index is -0.179. The first kappa shape index (κ1) is 15.3. The molecule has 0 spiro atoms. The quantitative estimate of drug-likeness (QED) is 0.678. The minimum Gasteiger partial charge on any atom is -0.469 e. The summed E-state index contributed by atoms with van der Waals surface area (Å²) in [5, 5.41) is 0. The number of piperazine rings is 1. The van der Waals surface area contributed by atoms with E-state index < -0.39 is 0 Å². The van der Waals surface area contributed by atoms with Crippen LogP contribution in [0.3, 0.4) is 0 Å². The predicted octanol–water partition coefficient (Wildman–Crippen LogP) is 0.263. The molecule has 6 heteroatoms. The lowest BCUT2D eigenvalue weighted by Crippen LogP contribution is -2.49. The van der Waals surface area contributed by atoms with E-state index in [2.05, 4.69) is 9.64 Å². The minimum absolute atomic E-state index is 0.125. The Morgan fingerprint density at radius 1 is 1.25 bits per heavy atom. The number of ether oxygens (including phenoxy) is 2. The average Bonchev–Trinajstić information content (AvgIpc) is 2.98. The van der Waals surface area contributed by atoms with E-state index in [0.717, 1.165) is 45.6 Å². The van der Waals surface area contributed by atoms with Crippen molar-refractivity contribution in [2.45, 2.75) is 31.8 Å². The summed E-state index contributed by atoms with van der Waals surface area (Å²) in [6.07, 6.45) is 3.13. The maximum absolute atomic E-state index is 12.1. The van der Waals surface area contributed by atoms with E-state index in [1.165, 1.54) is 7.11 Å². The fourth-order valence-electron chi connectivity index (χ4n) is 2.70. The first-order valence-electron chi connectivity index (χ1n) is 7.37. The summed E-state index contributed by atoms with van der Waals surface area (Å²) in [5.74, 6) is 0.0198. The van der Waals surface area contributed by atoms with Gasteiger partial charge >= 0.3 is 5.97 Å². The lowest BCUT2D eigenvalue weighted by Gasteiger charge is -2.35. The van der Waals surface area contributed by atoms with Crippen LogP contribution < -0.4 is 0 Å². The van der Waals surface area contributed by atoms with E-state index >= 15 is 0 Å². The molecule has 0 radical (unpaired) electrons. The van der Waals surface area contributed by atoms with Gasteiger partial charge in [-0.1, -0.05) is 0 Å². The predicted molar refractivity (Wildman–Crippen MR) is 73.2 cm³/mol. The van der Waals surface area contributed by atoms with Crippen molar-refractivity contribution in [2.75, 3.05) is 46.4 Å². The van der Waals surface area contributed by atoms with Gasteiger partial charge in [-0.05, 0) is 12.8 Å². The summed E-state index contributed by atoms with van der Waals surface area (Å²) < 4.78 is 10.1. The van der Waals surface area contributed by atoms with Crippen LogP contribution in [0.4, 0.5) is 0 Å². The normalized spacial score (nSPS) is 23.9. The van der Waals surface area contributed by atoms with Gasteiger partial charge in [0, 0.05) is 39.3 Å². The van der Waals surface area contributed by atoms with Crippen molar-refractivity contribution in [2.24, 2.45) is 0 Å². The van der Waals surface area contributed by atoms with E-state index in [-0.39, 0.29) is 18.0 Å². The standard InChI is InChI=1S/C14H24N2O4/c1-19-14(18)4-5-15-6-8-16(9-7-15)13(17)11-12-3-2-10-20-12/h12H,2-11H2,1H3. The van der Waals surface area contributed by atoms with Gasteiger partial charge in [-0.3, -0.25) is 14.5 Å². The number of esters is 1. The van der Waals surface area contributed by atoms with E-state index in [1.807, 2.05) is 4.90 Å². The Labute approximate surface area is 120 Å². The van der Waals surface area contributed by atoms with Gasteiger partial charge in [0.2, 0.25) is 5.91 Å². The molecule has 2 rings (SSSR count). The van der Waals surface area contributed by atoms with Crippen molar-refractivity contribution >= 4 is 11.9 Å². The first-order chi connectivity index (χ1) is 9.69. The monoisotopic (exact) mass is 284 g/mol. The van der Waals surface area contributed by atoms with Crippen LogP contribution in [0.1, 0.15) is 25.7 Å². The third-order valence-electron chi connectivity index (χ3n) is 4.01. The number of hydrogen-bond acceptors (Lipinski definition) is 5. The molecule has 2 heterocycles. The van der Waals surface area contributed by atoms with Crippen LogP contribution in [0.15, 0.2) is 0 Å². The molecule has 6 nitrogen and oxygen atoms in total. The molecule has 1 unspecified atom stereocenters. The van der Waals surface area contributed by atoms with E-state index in [4.69, 9.17) is 4.74 Å². The first-order valence-corrected chi connectivity index (χ1v) is 7.37. The second-order valence-electron chi connectivity index (χ2n) is 5.39. The Kier molecular flexibility index (Phi) is 5.79. The Morgan fingerprint density at radius 3 is 2.60 bits per heavy atom. The number of carbonyl (C=O) groups excluding carboxylic acids is 2. The van der Waals surface area contributed by atoms with Crippen molar-refractivity contribution < 1.29 is 19.1 Å². The number of carbonyl (C=O) groups is 2. The van der Waals surface area contributed by atoms with Crippen LogP contribution in [0.5, 0.6) is 0 Å². The molecule has 0 aliphatic carbocycles. The summed E-state index contributed by atoms with van der Waals surface area (Å²) in [5.41, 5.74) is 0. The average molecular weight is 284 g/mol. The van der Waals surface area contributed by atoms with E-state index in [0.29, 0.717) is 19.4 Å². The number of rotatable bonds is 5. The highest BCUT2D eigenvalue weighted by molar-refractivity contribution is 5.76. The molecular formula is C14H24N2O4. The van der Waals surface area contributed by atoms with E-state index in [1.54, 1.807) is 0 Å². The Bertz CT molecular complexity index is 334. The second kappa shape index (κ2) is 7.59. The van der Waals surface area contributed by atoms with Crippen LogP contribution >= 0.6 is 0 Å². The topological polar surface area (TPSA) is 59.1 Å². The van der Waals surface area contributed by atoms with Crippen molar-refractivity contribution in [1.82, 2.24) is 9.80 Å². The van der Waals surface area contributed by atoms with Crippen LogP contribution in [0, 0.1) is 0 Å². The molecule has 0 bridgehead atoms.